The number of benzene rings is 2. The molecule has 2 aromatic rings. The van der Waals surface area contributed by atoms with Gasteiger partial charge in [-0.05, 0) is 31.4 Å². The first-order valence-electron chi connectivity index (χ1n) is 8.63. The average molecular weight is 342 g/mol. The van der Waals surface area contributed by atoms with Crippen LogP contribution in [0.3, 0.4) is 0 Å². The quantitative estimate of drug-likeness (QED) is 0.831. The van der Waals surface area contributed by atoms with E-state index in [1.54, 1.807) is 4.90 Å². The van der Waals surface area contributed by atoms with Gasteiger partial charge in [0, 0.05) is 24.2 Å². The zero-order chi connectivity index (χ0) is 17.6. The Morgan fingerprint density at radius 2 is 1.92 bits per heavy atom. The van der Waals surface area contributed by atoms with Crippen LogP contribution in [-0.4, -0.2) is 29.9 Å². The third-order valence-electron chi connectivity index (χ3n) is 5.37. The van der Waals surface area contributed by atoms with Crippen LogP contribution in [-0.2, 0) is 11.2 Å². The van der Waals surface area contributed by atoms with Crippen LogP contribution in [0.5, 0.6) is 0 Å². The molecule has 1 fully saturated rings. The molecule has 2 aliphatic rings. The van der Waals surface area contributed by atoms with E-state index in [1.165, 1.54) is 6.07 Å². The smallest absolute Gasteiger partial charge is 0.241 e. The van der Waals surface area contributed by atoms with E-state index in [-0.39, 0.29) is 24.5 Å². The number of rotatable bonds is 2. The molecule has 0 bridgehead atoms. The van der Waals surface area contributed by atoms with Crippen molar-refractivity contribution >= 4 is 11.6 Å². The Bertz CT molecular complexity index is 809. The van der Waals surface area contributed by atoms with Gasteiger partial charge in [-0.15, -0.1) is 0 Å². The Kier molecular flexibility index (Phi) is 4.04. The van der Waals surface area contributed by atoms with E-state index in [9.17, 15) is 13.6 Å². The van der Waals surface area contributed by atoms with E-state index in [1.807, 2.05) is 18.2 Å². The number of piperazine rings is 1. The van der Waals surface area contributed by atoms with Gasteiger partial charge < -0.3 is 4.90 Å². The van der Waals surface area contributed by atoms with Crippen LogP contribution in [0.15, 0.2) is 42.5 Å². The SMILES string of the molecule is CC(c1ccccc1)N1CC(=O)N2c3cc(F)cc(F)c3CCC2C1. The lowest BCUT2D eigenvalue weighted by Gasteiger charge is -2.46. The van der Waals surface area contributed by atoms with E-state index in [0.29, 0.717) is 30.6 Å². The van der Waals surface area contributed by atoms with E-state index in [2.05, 4.69) is 24.0 Å². The van der Waals surface area contributed by atoms with Gasteiger partial charge in [-0.2, -0.15) is 0 Å². The maximum absolute atomic E-state index is 14.1. The molecule has 0 spiro atoms. The fourth-order valence-electron chi connectivity index (χ4n) is 4.02. The summed E-state index contributed by atoms with van der Waals surface area (Å²) >= 11 is 0. The first-order chi connectivity index (χ1) is 12.0. The van der Waals surface area contributed by atoms with Gasteiger partial charge in [0.05, 0.1) is 18.3 Å². The minimum absolute atomic E-state index is 0.0406. The van der Waals surface area contributed by atoms with Crippen molar-refractivity contribution in [3.8, 4) is 0 Å². The van der Waals surface area contributed by atoms with Crippen LogP contribution >= 0.6 is 0 Å². The molecule has 1 saturated heterocycles. The molecule has 3 nitrogen and oxygen atoms in total. The lowest BCUT2D eigenvalue weighted by atomic mass is 9.92. The summed E-state index contributed by atoms with van der Waals surface area (Å²) in [6, 6.07) is 12.3. The molecule has 130 valence electrons. The molecular formula is C20H20F2N2O. The number of anilines is 1. The maximum atomic E-state index is 14.1. The molecule has 0 radical (unpaired) electrons. The summed E-state index contributed by atoms with van der Waals surface area (Å²) in [7, 11) is 0. The number of carbonyl (C=O) groups excluding carboxylic acids is 1. The van der Waals surface area contributed by atoms with Crippen molar-refractivity contribution in [2.75, 3.05) is 18.0 Å². The molecular weight excluding hydrogens is 322 g/mol. The molecule has 2 aliphatic heterocycles. The van der Waals surface area contributed by atoms with Crippen LogP contribution in [0.4, 0.5) is 14.5 Å². The molecule has 2 atom stereocenters. The van der Waals surface area contributed by atoms with Gasteiger partial charge in [-0.1, -0.05) is 30.3 Å². The van der Waals surface area contributed by atoms with E-state index < -0.39 is 11.6 Å². The van der Waals surface area contributed by atoms with Crippen molar-refractivity contribution in [2.24, 2.45) is 0 Å². The van der Waals surface area contributed by atoms with Crippen molar-refractivity contribution in [2.45, 2.75) is 31.8 Å². The van der Waals surface area contributed by atoms with Gasteiger partial charge in [0.2, 0.25) is 5.91 Å². The summed E-state index contributed by atoms with van der Waals surface area (Å²) in [5.74, 6) is -1.28. The van der Waals surface area contributed by atoms with Crippen molar-refractivity contribution in [3.63, 3.8) is 0 Å². The molecule has 2 unspecified atom stereocenters. The lowest BCUT2D eigenvalue weighted by molar-refractivity contribution is -0.123. The van der Waals surface area contributed by atoms with Gasteiger partial charge >= 0.3 is 0 Å². The first-order valence-corrected chi connectivity index (χ1v) is 8.63. The highest BCUT2D eigenvalue weighted by atomic mass is 19.1. The molecule has 2 heterocycles. The second kappa shape index (κ2) is 6.23. The number of fused-ring (bicyclic) bond motifs is 3. The third kappa shape index (κ3) is 2.82. The summed E-state index contributed by atoms with van der Waals surface area (Å²) < 4.78 is 27.7. The normalized spacial score (nSPS) is 21.6. The fraction of sp³-hybridized carbons (Fsp3) is 0.350. The van der Waals surface area contributed by atoms with Crippen molar-refractivity contribution in [1.82, 2.24) is 4.90 Å². The number of hydrogen-bond donors (Lipinski definition) is 0. The minimum atomic E-state index is -0.634. The molecule has 0 saturated carbocycles. The molecule has 4 rings (SSSR count). The number of hydrogen-bond acceptors (Lipinski definition) is 2. The number of amides is 1. The summed E-state index contributed by atoms with van der Waals surface area (Å²) in [5, 5.41) is 0. The van der Waals surface area contributed by atoms with Gasteiger partial charge in [0.25, 0.3) is 0 Å². The standard InChI is InChI=1S/C20H20F2N2O/c1-13(14-5-3-2-4-6-14)23-11-16-7-8-17-18(22)9-15(21)10-19(17)24(16)20(25)12-23/h2-6,9-10,13,16H,7-8,11-12H2,1H3. The first kappa shape index (κ1) is 16.2. The second-order valence-electron chi connectivity index (χ2n) is 6.86. The molecule has 1 amide bonds. The topological polar surface area (TPSA) is 23.6 Å². The number of carbonyl (C=O) groups is 1. The zero-order valence-electron chi connectivity index (χ0n) is 14.1. The fourth-order valence-corrected chi connectivity index (χ4v) is 4.02. The van der Waals surface area contributed by atoms with E-state index in [4.69, 9.17) is 0 Å². The Morgan fingerprint density at radius 3 is 2.68 bits per heavy atom. The Balaban J connectivity index is 1.62. The van der Waals surface area contributed by atoms with Crippen molar-refractivity contribution < 1.29 is 13.6 Å². The highest BCUT2D eigenvalue weighted by Crippen LogP contribution is 2.37. The molecule has 0 aromatic heterocycles. The van der Waals surface area contributed by atoms with Crippen LogP contribution in [0.2, 0.25) is 0 Å². The second-order valence-corrected chi connectivity index (χ2v) is 6.86. The Labute approximate surface area is 145 Å². The maximum Gasteiger partial charge on any atom is 0.241 e. The number of nitrogens with zero attached hydrogens (tertiary/aromatic N) is 2. The predicted molar refractivity (Wildman–Crippen MR) is 92.4 cm³/mol. The lowest BCUT2D eigenvalue weighted by Crippen LogP contribution is -2.58. The van der Waals surface area contributed by atoms with Crippen molar-refractivity contribution in [1.29, 1.82) is 0 Å². The van der Waals surface area contributed by atoms with Crippen LogP contribution in [0.25, 0.3) is 0 Å². The Hall–Kier alpha value is -2.27. The molecule has 2 aromatic carbocycles. The van der Waals surface area contributed by atoms with Crippen LogP contribution in [0, 0.1) is 11.6 Å². The predicted octanol–water partition coefficient (Wildman–Crippen LogP) is 3.69. The molecule has 25 heavy (non-hydrogen) atoms. The van der Waals surface area contributed by atoms with Crippen molar-refractivity contribution in [3.05, 3.63) is 65.2 Å². The highest BCUT2D eigenvalue weighted by Gasteiger charge is 2.39. The summed E-state index contributed by atoms with van der Waals surface area (Å²) in [6.45, 7) is 3.05. The van der Waals surface area contributed by atoms with E-state index >= 15 is 0 Å². The largest absolute Gasteiger partial charge is 0.306 e. The van der Waals surface area contributed by atoms with Gasteiger partial charge in [0.1, 0.15) is 11.6 Å². The Morgan fingerprint density at radius 1 is 1.16 bits per heavy atom. The minimum Gasteiger partial charge on any atom is -0.306 e. The van der Waals surface area contributed by atoms with Crippen LogP contribution < -0.4 is 4.90 Å². The molecule has 5 heteroatoms. The van der Waals surface area contributed by atoms with Gasteiger partial charge in [-0.3, -0.25) is 9.69 Å². The van der Waals surface area contributed by atoms with Crippen LogP contribution in [0.1, 0.15) is 30.5 Å². The van der Waals surface area contributed by atoms with E-state index in [0.717, 1.165) is 11.6 Å². The van der Waals surface area contributed by atoms with Gasteiger partial charge in [-0.25, -0.2) is 8.78 Å². The zero-order valence-corrected chi connectivity index (χ0v) is 14.1. The monoisotopic (exact) mass is 342 g/mol. The molecule has 0 aliphatic carbocycles. The highest BCUT2D eigenvalue weighted by molar-refractivity contribution is 5.97. The summed E-state index contributed by atoms with van der Waals surface area (Å²) in [6.07, 6.45) is 1.22. The summed E-state index contributed by atoms with van der Waals surface area (Å²) in [4.78, 5) is 16.6. The summed E-state index contributed by atoms with van der Waals surface area (Å²) in [5.41, 5.74) is 2.03. The third-order valence-corrected chi connectivity index (χ3v) is 5.37. The van der Waals surface area contributed by atoms with Gasteiger partial charge in [0.15, 0.2) is 0 Å². The average Bonchev–Trinajstić information content (AvgIpc) is 2.61. The number of halogens is 2. The molecule has 0 N–H and O–H groups in total.